The van der Waals surface area contributed by atoms with Gasteiger partial charge in [0.25, 0.3) is 6.71 Å². The Morgan fingerprint density at radius 2 is 0.644 bits per heavy atom. The Bertz CT molecular complexity index is 7780. The van der Waals surface area contributed by atoms with Gasteiger partial charge < -0.3 is 18.9 Å². The van der Waals surface area contributed by atoms with Crippen molar-refractivity contribution in [1.29, 1.82) is 0 Å². The number of fused-ring (bicyclic) bond motifs is 21. The molecule has 2 aliphatic heterocycles. The van der Waals surface area contributed by atoms with E-state index in [9.17, 15) is 11.0 Å². The van der Waals surface area contributed by atoms with Crippen molar-refractivity contribution in [3.05, 3.63) is 440 Å². The molecule has 2 aliphatic carbocycles. The van der Waals surface area contributed by atoms with Crippen molar-refractivity contribution in [2.45, 2.75) is 31.6 Å². The van der Waals surface area contributed by atoms with Crippen molar-refractivity contribution in [3.8, 4) is 100 Å². The van der Waals surface area contributed by atoms with Gasteiger partial charge in [-0.2, -0.15) is 0 Å². The number of hydrogen-bond acceptors (Lipinski definition) is 2. The Balaban J connectivity index is 0.873. The summed E-state index contributed by atoms with van der Waals surface area (Å²) in [5.74, 6) is 0. The molecule has 0 N–H and O–H groups in total. The molecule has 4 aliphatic rings. The maximum absolute atomic E-state index is 10.00. The van der Waals surface area contributed by atoms with Crippen LogP contribution in [-0.4, -0.2) is 15.8 Å². The van der Waals surface area contributed by atoms with Crippen molar-refractivity contribution < 1.29 is 11.0 Å². The molecule has 552 valence electrons. The fourth-order valence-corrected chi connectivity index (χ4v) is 20.5. The molecule has 20 aromatic rings. The van der Waals surface area contributed by atoms with Crippen LogP contribution in [0.2, 0.25) is 0 Å². The Hall–Kier alpha value is -14.8. The normalized spacial score (nSPS) is 14.2. The molecular formula is C113H77BN4. The van der Waals surface area contributed by atoms with Crippen molar-refractivity contribution >= 4 is 101 Å². The van der Waals surface area contributed by atoms with E-state index in [0.717, 1.165) is 145 Å². The molecule has 0 atom stereocenters. The van der Waals surface area contributed by atoms with Gasteiger partial charge in [0.15, 0.2) is 0 Å². The maximum atomic E-state index is 10.00. The van der Waals surface area contributed by atoms with E-state index in [2.05, 4.69) is 393 Å². The van der Waals surface area contributed by atoms with Gasteiger partial charge in [-0.15, -0.1) is 0 Å². The van der Waals surface area contributed by atoms with E-state index >= 15 is 0 Å². The van der Waals surface area contributed by atoms with Crippen molar-refractivity contribution in [2.75, 3.05) is 9.80 Å². The molecule has 0 saturated heterocycles. The van der Waals surface area contributed by atoms with Crippen LogP contribution in [0.5, 0.6) is 0 Å². The van der Waals surface area contributed by atoms with Gasteiger partial charge in [0, 0.05) is 77.9 Å². The molecule has 0 fully saturated rings. The zero-order chi connectivity index (χ0) is 85.0. The number of rotatable bonds is 10. The summed E-state index contributed by atoms with van der Waals surface area (Å²) in [4.78, 5) is 5.09. The lowest BCUT2D eigenvalue weighted by Crippen LogP contribution is -2.61. The van der Waals surface area contributed by atoms with Crippen molar-refractivity contribution in [2.24, 2.45) is 0 Å². The number of hydrogen-bond donors (Lipinski definition) is 0. The topological polar surface area (TPSA) is 16.3 Å². The standard InChI is InChI=1S/C113H77BN4/c1-112(2,3)80-68-105-109-106(69-80)118(111-92(76-42-18-8-19-43-76)66-79(73-36-12-5-13-37-73)67-93(111)77-44-20-9-21-45-77)104-71-82(116-101-57-33-27-51-89(101)107-102(116)63-60-88-85-48-24-30-54-96(85)113(108(88)107)94-52-28-22-46-83(94)84-47-23-29-53-95(84)113)59-62-98(104)114(109)97-61-58-81(115-99-55-31-25-49-86(99)87-50-26-32-56-100(87)115)70-103(97)117(105)110-90(74-38-14-6-15-39-74)64-78(72-34-10-4-11-35-72)65-91(110)75-40-16-7-17-41-75/h4-71H,1-3H3/i25D,26D,31D,32D,49D,50D,55D,56D. The van der Waals surface area contributed by atoms with Gasteiger partial charge in [-0.1, -0.05) is 348 Å². The van der Waals surface area contributed by atoms with Gasteiger partial charge >= 0.3 is 0 Å². The molecule has 18 aromatic carbocycles. The van der Waals surface area contributed by atoms with E-state index in [1.165, 1.54) is 49.9 Å². The fraction of sp³-hybridized carbons (Fsp3) is 0.0442. The molecule has 0 unspecified atom stereocenters. The van der Waals surface area contributed by atoms with Crippen molar-refractivity contribution in [1.82, 2.24) is 9.13 Å². The van der Waals surface area contributed by atoms with Gasteiger partial charge in [0.1, 0.15) is 0 Å². The summed E-state index contributed by atoms with van der Waals surface area (Å²) in [6.07, 6.45) is 0. The Kier molecular flexibility index (Phi) is 13.3. The molecule has 118 heavy (non-hydrogen) atoms. The highest BCUT2D eigenvalue weighted by molar-refractivity contribution is 7.00. The fourth-order valence-electron chi connectivity index (χ4n) is 20.5. The van der Waals surface area contributed by atoms with Gasteiger partial charge in [-0.25, -0.2) is 0 Å². The number of para-hydroxylation sites is 3. The monoisotopic (exact) mass is 1510 g/mol. The highest BCUT2D eigenvalue weighted by Crippen LogP contribution is 2.65. The smallest absolute Gasteiger partial charge is 0.252 e. The highest BCUT2D eigenvalue weighted by atomic mass is 15.2. The quantitative estimate of drug-likeness (QED) is 0.127. The molecule has 2 aromatic heterocycles. The van der Waals surface area contributed by atoms with Gasteiger partial charge in [0.2, 0.25) is 0 Å². The van der Waals surface area contributed by atoms with E-state index < -0.39 is 53.8 Å². The van der Waals surface area contributed by atoms with Crippen LogP contribution >= 0.6 is 0 Å². The number of nitrogens with zero attached hydrogens (tertiary/aromatic N) is 4. The summed E-state index contributed by atoms with van der Waals surface area (Å²) in [6, 6.07) is 129. The largest absolute Gasteiger partial charge is 0.310 e. The molecule has 4 heterocycles. The third-order valence-corrected chi connectivity index (χ3v) is 25.5. The van der Waals surface area contributed by atoms with E-state index in [1.54, 1.807) is 4.57 Å². The van der Waals surface area contributed by atoms with E-state index in [1.807, 2.05) is 6.07 Å². The van der Waals surface area contributed by atoms with E-state index in [-0.39, 0.29) is 33.9 Å². The van der Waals surface area contributed by atoms with Gasteiger partial charge in [-0.05, 0) is 201 Å². The molecule has 1 spiro atoms. The van der Waals surface area contributed by atoms with Crippen LogP contribution in [0.25, 0.3) is 144 Å². The molecule has 0 saturated carbocycles. The van der Waals surface area contributed by atoms with Crippen LogP contribution in [0.4, 0.5) is 34.1 Å². The molecule has 24 rings (SSSR count). The van der Waals surface area contributed by atoms with Crippen LogP contribution in [0, 0.1) is 0 Å². The number of anilines is 6. The molecule has 5 heteroatoms. The highest BCUT2D eigenvalue weighted by Gasteiger charge is 2.53. The molecule has 0 amide bonds. The molecule has 0 radical (unpaired) electrons. The summed E-state index contributed by atoms with van der Waals surface area (Å²) >= 11 is 0. The van der Waals surface area contributed by atoms with E-state index in [0.29, 0.717) is 5.69 Å². The minimum atomic E-state index is -0.661. The van der Waals surface area contributed by atoms with Crippen LogP contribution in [-0.2, 0) is 10.8 Å². The lowest BCUT2D eigenvalue weighted by molar-refractivity contribution is 0.590. The average Bonchev–Trinajstić information content (AvgIpc) is 1.49. The average molecular weight is 1510 g/mol. The molecular weight excluding hydrogens is 1420 g/mol. The van der Waals surface area contributed by atoms with Crippen LogP contribution in [0.3, 0.4) is 0 Å². The predicted octanol–water partition coefficient (Wildman–Crippen LogP) is 27.6. The lowest BCUT2D eigenvalue weighted by Gasteiger charge is -2.46. The predicted molar refractivity (Wildman–Crippen MR) is 497 cm³/mol. The summed E-state index contributed by atoms with van der Waals surface area (Å²) in [5, 5.41) is 2.33. The van der Waals surface area contributed by atoms with E-state index in [4.69, 9.17) is 0 Å². The summed E-state index contributed by atoms with van der Waals surface area (Å²) in [5.41, 5.74) is 33.8. The lowest BCUT2D eigenvalue weighted by atomic mass is 9.33. The minimum Gasteiger partial charge on any atom is -0.310 e. The minimum absolute atomic E-state index is 0.00157. The molecule has 0 bridgehead atoms. The van der Waals surface area contributed by atoms with Crippen LogP contribution < -0.4 is 26.2 Å². The SMILES string of the molecule is [2H]c1c([2H])c([2H])c2c(c1[2H])c1c([2H])c([2H])c([2H])c([2H])c1n2-c1ccc2c(c1)N(c1c(-c3ccccc3)cc(-c3ccccc3)cc1-c1ccccc1)c1cc(C(C)(C)C)cc3c1B2c1ccc(-n2c4ccccc4c4c5c(ccc42)-c2ccccc2C52c4ccccc4-c4ccccc42)cc1N3c1c(-c2ccccc2)cc(-c2ccccc2)cc1-c1ccccc1. The Morgan fingerprint density at radius 1 is 0.280 bits per heavy atom. The maximum Gasteiger partial charge on any atom is 0.252 e. The van der Waals surface area contributed by atoms with Crippen LogP contribution in [0.15, 0.2) is 412 Å². The zero-order valence-corrected chi connectivity index (χ0v) is 65.0. The first-order chi connectivity index (χ1) is 61.5. The summed E-state index contributed by atoms with van der Waals surface area (Å²) in [7, 11) is 0. The van der Waals surface area contributed by atoms with Crippen molar-refractivity contribution in [3.63, 3.8) is 0 Å². The first-order valence-electron chi connectivity index (χ1n) is 44.7. The Labute approximate surface area is 698 Å². The third-order valence-electron chi connectivity index (χ3n) is 25.5. The summed E-state index contributed by atoms with van der Waals surface area (Å²) in [6.45, 7) is 6.33. The third kappa shape index (κ3) is 9.92. The number of aromatic nitrogens is 2. The second-order valence-corrected chi connectivity index (χ2v) is 32.7. The summed E-state index contributed by atoms with van der Waals surface area (Å²) < 4.78 is 80.8. The second-order valence-electron chi connectivity index (χ2n) is 32.7. The van der Waals surface area contributed by atoms with Gasteiger partial charge in [0.05, 0.1) is 49.8 Å². The first-order valence-corrected chi connectivity index (χ1v) is 40.7. The number of benzene rings is 18. The zero-order valence-electron chi connectivity index (χ0n) is 73.0. The second kappa shape index (κ2) is 26.1. The van der Waals surface area contributed by atoms with Crippen LogP contribution in [0.1, 0.15) is 59.6 Å². The Morgan fingerprint density at radius 3 is 1.07 bits per heavy atom. The van der Waals surface area contributed by atoms with Gasteiger partial charge in [-0.3, -0.25) is 0 Å². The molecule has 4 nitrogen and oxygen atoms in total. The first kappa shape index (κ1) is 59.9.